The van der Waals surface area contributed by atoms with Gasteiger partial charge in [0.1, 0.15) is 11.5 Å². The first kappa shape index (κ1) is 19.4. The molecule has 3 aromatic heterocycles. The third-order valence-electron chi connectivity index (χ3n) is 4.60. The predicted octanol–water partition coefficient (Wildman–Crippen LogP) is 3.73. The zero-order valence-electron chi connectivity index (χ0n) is 16.7. The molecule has 8 heteroatoms. The zero-order chi connectivity index (χ0) is 21.1. The van der Waals surface area contributed by atoms with Gasteiger partial charge in [-0.1, -0.05) is 31.5 Å². The Bertz CT molecular complexity index is 1240. The molecule has 4 rings (SSSR count). The van der Waals surface area contributed by atoms with E-state index in [4.69, 9.17) is 4.42 Å². The summed E-state index contributed by atoms with van der Waals surface area (Å²) in [6.45, 7) is 3.88. The summed E-state index contributed by atoms with van der Waals surface area (Å²) in [7, 11) is 0. The van der Waals surface area contributed by atoms with Gasteiger partial charge in [-0.15, -0.1) is 0 Å². The number of anilines is 1. The molecule has 1 aromatic carbocycles. The van der Waals surface area contributed by atoms with Crippen molar-refractivity contribution in [2.24, 2.45) is 0 Å². The lowest BCUT2D eigenvalue weighted by Crippen LogP contribution is -2.19. The van der Waals surface area contributed by atoms with Crippen molar-refractivity contribution < 1.29 is 9.21 Å². The van der Waals surface area contributed by atoms with E-state index in [1.807, 2.05) is 26.0 Å². The average molecular weight is 403 g/mol. The van der Waals surface area contributed by atoms with E-state index in [0.29, 0.717) is 35.0 Å². The Hall–Kier alpha value is -3.94. The number of aromatic amines is 1. The minimum atomic E-state index is -0.285. The van der Waals surface area contributed by atoms with Gasteiger partial charge in [0, 0.05) is 23.4 Å². The molecule has 0 bridgehead atoms. The van der Waals surface area contributed by atoms with Crippen LogP contribution < -0.4 is 10.9 Å². The molecule has 2 N–H and O–H groups in total. The Labute approximate surface area is 172 Å². The molecule has 0 aliphatic rings. The number of rotatable bonds is 6. The van der Waals surface area contributed by atoms with Crippen molar-refractivity contribution in [3.63, 3.8) is 0 Å². The van der Waals surface area contributed by atoms with Crippen molar-refractivity contribution in [1.29, 1.82) is 0 Å². The van der Waals surface area contributed by atoms with E-state index in [-0.39, 0.29) is 17.4 Å². The second-order valence-electron chi connectivity index (χ2n) is 6.88. The molecular weight excluding hydrogens is 382 g/mol. The van der Waals surface area contributed by atoms with E-state index in [2.05, 4.69) is 20.4 Å². The number of H-pyrrole nitrogens is 1. The molecule has 30 heavy (non-hydrogen) atoms. The van der Waals surface area contributed by atoms with Gasteiger partial charge in [-0.3, -0.25) is 14.6 Å². The fourth-order valence-electron chi connectivity index (χ4n) is 3.17. The third-order valence-corrected chi connectivity index (χ3v) is 4.60. The molecule has 0 spiro atoms. The van der Waals surface area contributed by atoms with E-state index in [0.717, 1.165) is 12.0 Å². The molecule has 0 aliphatic heterocycles. The molecule has 0 saturated carbocycles. The van der Waals surface area contributed by atoms with Gasteiger partial charge in [0.05, 0.1) is 6.26 Å². The number of furan rings is 1. The van der Waals surface area contributed by atoms with Crippen LogP contribution in [0, 0.1) is 6.92 Å². The second-order valence-corrected chi connectivity index (χ2v) is 6.88. The number of aryl methyl sites for hydroxylation is 2. The normalized spacial score (nSPS) is 10.9. The summed E-state index contributed by atoms with van der Waals surface area (Å²) in [6.07, 6.45) is 3.06. The van der Waals surface area contributed by atoms with Crippen LogP contribution in [0.15, 0.2) is 64.0 Å². The van der Waals surface area contributed by atoms with E-state index in [9.17, 15) is 9.59 Å². The van der Waals surface area contributed by atoms with Gasteiger partial charge in [-0.2, -0.15) is 9.78 Å². The molecule has 0 radical (unpaired) electrons. The maximum atomic E-state index is 12.9. The number of hydrogen-bond donors (Lipinski definition) is 2. The number of hydrogen-bond acceptors (Lipinski definition) is 5. The average Bonchev–Trinajstić information content (AvgIpc) is 3.38. The molecule has 0 fully saturated rings. The molecule has 0 saturated heterocycles. The zero-order valence-corrected chi connectivity index (χ0v) is 16.7. The minimum Gasteiger partial charge on any atom is -0.463 e. The first-order chi connectivity index (χ1) is 14.5. The molecule has 152 valence electrons. The van der Waals surface area contributed by atoms with Crippen molar-refractivity contribution in [2.75, 3.05) is 5.32 Å². The molecule has 8 nitrogen and oxygen atoms in total. The van der Waals surface area contributed by atoms with Crippen LogP contribution in [-0.2, 0) is 6.42 Å². The van der Waals surface area contributed by atoms with Gasteiger partial charge in [-0.25, -0.2) is 4.98 Å². The van der Waals surface area contributed by atoms with Crippen molar-refractivity contribution in [3.8, 4) is 17.4 Å². The number of carbonyl (C=O) groups excluding carboxylic acids is 1. The van der Waals surface area contributed by atoms with Crippen LogP contribution in [-0.4, -0.2) is 25.7 Å². The number of aromatic nitrogens is 4. The van der Waals surface area contributed by atoms with Crippen LogP contribution in [0.4, 0.5) is 5.82 Å². The Morgan fingerprint density at radius 1 is 1.20 bits per heavy atom. The summed E-state index contributed by atoms with van der Waals surface area (Å²) in [5, 5.41) is 7.39. The first-order valence-electron chi connectivity index (χ1n) is 9.66. The van der Waals surface area contributed by atoms with Crippen LogP contribution in [0.1, 0.15) is 35.0 Å². The maximum absolute atomic E-state index is 12.9. The van der Waals surface area contributed by atoms with Crippen molar-refractivity contribution in [1.82, 2.24) is 19.7 Å². The van der Waals surface area contributed by atoms with Gasteiger partial charge in [-0.05, 0) is 37.1 Å². The van der Waals surface area contributed by atoms with Crippen LogP contribution in [0.3, 0.4) is 0 Å². The summed E-state index contributed by atoms with van der Waals surface area (Å²) in [5.41, 5.74) is 2.27. The first-order valence-corrected chi connectivity index (χ1v) is 9.66. The van der Waals surface area contributed by atoms with Gasteiger partial charge in [0.15, 0.2) is 5.76 Å². The quantitative estimate of drug-likeness (QED) is 0.510. The molecule has 0 unspecified atom stereocenters. The van der Waals surface area contributed by atoms with Crippen LogP contribution in [0.2, 0.25) is 0 Å². The monoisotopic (exact) mass is 403 g/mol. The van der Waals surface area contributed by atoms with E-state index in [1.165, 1.54) is 10.7 Å². The lowest BCUT2D eigenvalue weighted by atomic mass is 10.1. The Balaban J connectivity index is 1.79. The highest BCUT2D eigenvalue weighted by atomic mass is 16.3. The van der Waals surface area contributed by atoms with Gasteiger partial charge < -0.3 is 9.73 Å². The molecular formula is C22H21N5O3. The number of nitrogens with one attached hydrogen (secondary N) is 2. The van der Waals surface area contributed by atoms with E-state index in [1.54, 1.807) is 36.6 Å². The SMILES string of the molecule is CCCc1cc(=O)[nH]c(-n2nc(-c3ccco3)cc2NC(=O)c2ccccc2C)n1. The Morgan fingerprint density at radius 3 is 2.77 bits per heavy atom. The largest absolute Gasteiger partial charge is 0.463 e. The lowest BCUT2D eigenvalue weighted by molar-refractivity contribution is 0.102. The molecule has 1 amide bonds. The van der Waals surface area contributed by atoms with Crippen LogP contribution in [0.25, 0.3) is 17.4 Å². The van der Waals surface area contributed by atoms with Gasteiger partial charge >= 0.3 is 0 Å². The number of benzene rings is 1. The summed E-state index contributed by atoms with van der Waals surface area (Å²) in [5.74, 6) is 0.842. The van der Waals surface area contributed by atoms with Gasteiger partial charge in [0.25, 0.3) is 11.5 Å². The summed E-state index contributed by atoms with van der Waals surface area (Å²) < 4.78 is 6.85. The van der Waals surface area contributed by atoms with Crippen molar-refractivity contribution in [2.45, 2.75) is 26.7 Å². The topological polar surface area (TPSA) is 106 Å². The highest BCUT2D eigenvalue weighted by Gasteiger charge is 2.18. The fourth-order valence-corrected chi connectivity index (χ4v) is 3.17. The van der Waals surface area contributed by atoms with E-state index >= 15 is 0 Å². The standard InChI is InChI=1S/C22H21N5O3/c1-3-7-15-12-20(28)25-22(23-15)27-19(13-17(26-27)18-10-6-11-30-18)24-21(29)16-9-5-4-8-14(16)2/h4-6,8-13H,3,7H2,1-2H3,(H,24,29)(H,23,25,28). The van der Waals surface area contributed by atoms with Crippen molar-refractivity contribution >= 4 is 11.7 Å². The Morgan fingerprint density at radius 2 is 2.03 bits per heavy atom. The smallest absolute Gasteiger partial charge is 0.257 e. The highest BCUT2D eigenvalue weighted by molar-refractivity contribution is 6.05. The lowest BCUT2D eigenvalue weighted by Gasteiger charge is -2.10. The summed E-state index contributed by atoms with van der Waals surface area (Å²) in [4.78, 5) is 32.2. The van der Waals surface area contributed by atoms with Gasteiger partial charge in [0.2, 0.25) is 5.95 Å². The predicted molar refractivity (Wildman–Crippen MR) is 113 cm³/mol. The second kappa shape index (κ2) is 8.20. The summed E-state index contributed by atoms with van der Waals surface area (Å²) in [6, 6.07) is 14.0. The Kier molecular flexibility index (Phi) is 5.30. The summed E-state index contributed by atoms with van der Waals surface area (Å²) >= 11 is 0. The van der Waals surface area contributed by atoms with Crippen molar-refractivity contribution in [3.05, 3.63) is 82.0 Å². The number of carbonyl (C=O) groups is 1. The molecule has 4 aromatic rings. The van der Waals surface area contributed by atoms with E-state index < -0.39 is 0 Å². The van der Waals surface area contributed by atoms with Crippen LogP contribution in [0.5, 0.6) is 0 Å². The highest BCUT2D eigenvalue weighted by Crippen LogP contribution is 2.24. The molecule has 0 atom stereocenters. The van der Waals surface area contributed by atoms with Crippen LogP contribution >= 0.6 is 0 Å². The molecule has 0 aliphatic carbocycles. The fraction of sp³-hybridized carbons (Fsp3) is 0.182. The number of nitrogens with zero attached hydrogens (tertiary/aromatic N) is 3. The maximum Gasteiger partial charge on any atom is 0.257 e. The minimum absolute atomic E-state index is 0.226. The molecule has 3 heterocycles. The third kappa shape index (κ3) is 3.93. The number of amides is 1.